The maximum Gasteiger partial charge on any atom is 0.164 e. The van der Waals surface area contributed by atoms with Gasteiger partial charge in [-0.3, -0.25) is 0 Å². The van der Waals surface area contributed by atoms with E-state index in [1.165, 1.54) is 0 Å². The quantitative estimate of drug-likeness (QED) is 0.788. The van der Waals surface area contributed by atoms with Crippen LogP contribution in [0.15, 0.2) is 24.3 Å². The van der Waals surface area contributed by atoms with Crippen molar-refractivity contribution in [1.82, 2.24) is 0 Å². The summed E-state index contributed by atoms with van der Waals surface area (Å²) < 4.78 is 11.9. The van der Waals surface area contributed by atoms with E-state index in [2.05, 4.69) is 13.8 Å². The Labute approximate surface area is 108 Å². The van der Waals surface area contributed by atoms with Crippen LogP contribution in [0.1, 0.15) is 39.4 Å². The molecule has 2 nitrogen and oxygen atoms in total. The molecule has 0 amide bonds. The fraction of sp³-hybridized carbons (Fsp3) is 0.571. The van der Waals surface area contributed by atoms with Crippen molar-refractivity contribution in [2.45, 2.75) is 45.7 Å². The number of hydrogen-bond donors (Lipinski definition) is 0. The van der Waals surface area contributed by atoms with Crippen LogP contribution in [-0.2, 0) is 9.47 Å². The summed E-state index contributed by atoms with van der Waals surface area (Å²) in [6.45, 7) is 8.22. The minimum absolute atomic E-state index is 0.0118. The van der Waals surface area contributed by atoms with Crippen molar-refractivity contribution in [3.63, 3.8) is 0 Å². The number of rotatable bonds is 2. The number of hydrogen-bond acceptors (Lipinski definition) is 2. The van der Waals surface area contributed by atoms with Gasteiger partial charge in [-0.25, -0.2) is 0 Å². The lowest BCUT2D eigenvalue weighted by molar-refractivity contribution is -0.150. The second-order valence-corrected chi connectivity index (χ2v) is 5.75. The molecule has 0 saturated carbocycles. The van der Waals surface area contributed by atoms with Crippen LogP contribution in [0.4, 0.5) is 0 Å². The third-order valence-corrected chi connectivity index (χ3v) is 3.24. The molecule has 0 aliphatic carbocycles. The van der Waals surface area contributed by atoms with Crippen LogP contribution < -0.4 is 0 Å². The van der Waals surface area contributed by atoms with Gasteiger partial charge in [-0.1, -0.05) is 37.6 Å². The highest BCUT2D eigenvalue weighted by molar-refractivity contribution is 6.30. The Bertz CT molecular complexity index is 384. The van der Waals surface area contributed by atoms with Gasteiger partial charge in [0.25, 0.3) is 0 Å². The zero-order chi connectivity index (χ0) is 12.6. The highest BCUT2D eigenvalue weighted by Gasteiger charge is 2.43. The minimum Gasteiger partial charge on any atom is -0.344 e. The molecule has 1 aromatic rings. The van der Waals surface area contributed by atoms with Crippen molar-refractivity contribution in [2.24, 2.45) is 5.92 Å². The highest BCUT2D eigenvalue weighted by atomic mass is 35.5. The minimum atomic E-state index is -0.515. The standard InChI is InChI=1S/C14H19ClO2/c1-9(2)12-13(17-14(3,4)16-12)10-5-7-11(15)8-6-10/h5-9,12-13H,1-4H3. The molecule has 0 spiro atoms. The normalized spacial score (nSPS) is 27.6. The Morgan fingerprint density at radius 3 is 2.24 bits per heavy atom. The molecule has 94 valence electrons. The summed E-state index contributed by atoms with van der Waals surface area (Å²) in [7, 11) is 0. The SMILES string of the molecule is CC(C)C1OC(C)(C)OC1c1ccc(Cl)cc1. The average Bonchev–Trinajstić information content (AvgIpc) is 2.56. The van der Waals surface area contributed by atoms with Crippen molar-refractivity contribution in [3.05, 3.63) is 34.9 Å². The fourth-order valence-corrected chi connectivity index (χ4v) is 2.31. The molecule has 1 saturated heterocycles. The van der Waals surface area contributed by atoms with E-state index in [9.17, 15) is 0 Å². The molecule has 2 unspecified atom stereocenters. The summed E-state index contributed by atoms with van der Waals surface area (Å²) in [5.41, 5.74) is 1.12. The zero-order valence-electron chi connectivity index (χ0n) is 10.7. The van der Waals surface area contributed by atoms with Gasteiger partial charge in [0, 0.05) is 5.02 Å². The van der Waals surface area contributed by atoms with Crippen molar-refractivity contribution >= 4 is 11.6 Å². The summed E-state index contributed by atoms with van der Waals surface area (Å²) in [4.78, 5) is 0. The van der Waals surface area contributed by atoms with E-state index in [0.29, 0.717) is 5.92 Å². The molecule has 0 aromatic heterocycles. The van der Waals surface area contributed by atoms with Gasteiger partial charge in [-0.15, -0.1) is 0 Å². The lowest BCUT2D eigenvalue weighted by atomic mass is 9.96. The maximum atomic E-state index is 5.98. The fourth-order valence-electron chi connectivity index (χ4n) is 2.19. The molecule has 1 heterocycles. The second kappa shape index (κ2) is 4.60. The molecule has 2 atom stereocenters. The van der Waals surface area contributed by atoms with E-state index in [1.807, 2.05) is 38.1 Å². The molecule has 2 rings (SSSR count). The highest BCUT2D eigenvalue weighted by Crippen LogP contribution is 2.41. The smallest absolute Gasteiger partial charge is 0.164 e. The molecule has 17 heavy (non-hydrogen) atoms. The molecule has 1 aliphatic rings. The van der Waals surface area contributed by atoms with Gasteiger partial charge >= 0.3 is 0 Å². The molecular weight excluding hydrogens is 236 g/mol. The molecule has 1 aromatic carbocycles. The largest absolute Gasteiger partial charge is 0.344 e. The van der Waals surface area contributed by atoms with Crippen molar-refractivity contribution < 1.29 is 9.47 Å². The van der Waals surface area contributed by atoms with Crippen LogP contribution in [0.2, 0.25) is 5.02 Å². The van der Waals surface area contributed by atoms with Crippen LogP contribution in [0.25, 0.3) is 0 Å². The molecule has 1 aliphatic heterocycles. The Kier molecular flexibility index (Phi) is 3.48. The van der Waals surface area contributed by atoms with Gasteiger partial charge in [0.15, 0.2) is 5.79 Å². The monoisotopic (exact) mass is 254 g/mol. The molecule has 0 N–H and O–H groups in total. The summed E-state index contributed by atoms with van der Waals surface area (Å²) >= 11 is 5.90. The lowest BCUT2D eigenvalue weighted by Gasteiger charge is -2.20. The Morgan fingerprint density at radius 1 is 1.12 bits per heavy atom. The first-order valence-electron chi connectivity index (χ1n) is 6.00. The molecule has 1 fully saturated rings. The summed E-state index contributed by atoms with van der Waals surface area (Å²) in [5, 5.41) is 0.744. The number of benzene rings is 1. The summed E-state index contributed by atoms with van der Waals surface area (Å²) in [6, 6.07) is 7.80. The van der Waals surface area contributed by atoms with Crippen LogP contribution in [0, 0.1) is 5.92 Å². The van der Waals surface area contributed by atoms with Crippen LogP contribution in [0.5, 0.6) is 0 Å². The van der Waals surface area contributed by atoms with Gasteiger partial charge in [-0.2, -0.15) is 0 Å². The van der Waals surface area contributed by atoms with E-state index in [0.717, 1.165) is 10.6 Å². The topological polar surface area (TPSA) is 18.5 Å². The van der Waals surface area contributed by atoms with Crippen LogP contribution in [-0.4, -0.2) is 11.9 Å². The maximum absolute atomic E-state index is 5.98. The van der Waals surface area contributed by atoms with Crippen molar-refractivity contribution in [3.8, 4) is 0 Å². The average molecular weight is 255 g/mol. The van der Waals surface area contributed by atoms with E-state index in [1.54, 1.807) is 0 Å². The molecule has 0 bridgehead atoms. The van der Waals surface area contributed by atoms with Gasteiger partial charge in [0.2, 0.25) is 0 Å². The van der Waals surface area contributed by atoms with Gasteiger partial charge in [0.05, 0.1) is 6.10 Å². The van der Waals surface area contributed by atoms with E-state index in [4.69, 9.17) is 21.1 Å². The summed E-state index contributed by atoms with van der Waals surface area (Å²) in [5.74, 6) is -0.100. The lowest BCUT2D eigenvalue weighted by Crippen LogP contribution is -2.24. The Morgan fingerprint density at radius 2 is 1.71 bits per heavy atom. The first-order chi connectivity index (χ1) is 7.89. The predicted octanol–water partition coefficient (Wildman–Crippen LogP) is 4.19. The first-order valence-corrected chi connectivity index (χ1v) is 6.38. The second-order valence-electron chi connectivity index (χ2n) is 5.32. The summed E-state index contributed by atoms with van der Waals surface area (Å²) in [6.07, 6.45) is 0.0773. The third kappa shape index (κ3) is 2.82. The van der Waals surface area contributed by atoms with E-state index in [-0.39, 0.29) is 12.2 Å². The number of ether oxygens (including phenoxy) is 2. The van der Waals surface area contributed by atoms with Crippen molar-refractivity contribution in [2.75, 3.05) is 0 Å². The van der Waals surface area contributed by atoms with E-state index >= 15 is 0 Å². The first kappa shape index (κ1) is 12.9. The van der Waals surface area contributed by atoms with Gasteiger partial charge < -0.3 is 9.47 Å². The Hall–Kier alpha value is -0.570. The predicted molar refractivity (Wildman–Crippen MR) is 69.1 cm³/mol. The van der Waals surface area contributed by atoms with E-state index < -0.39 is 5.79 Å². The van der Waals surface area contributed by atoms with Crippen LogP contribution in [0.3, 0.4) is 0 Å². The van der Waals surface area contributed by atoms with Crippen LogP contribution >= 0.6 is 11.6 Å². The molecular formula is C14H19ClO2. The molecule has 0 radical (unpaired) electrons. The van der Waals surface area contributed by atoms with Gasteiger partial charge in [-0.05, 0) is 37.5 Å². The molecule has 3 heteroatoms. The zero-order valence-corrected chi connectivity index (χ0v) is 11.5. The number of halogens is 1. The van der Waals surface area contributed by atoms with Gasteiger partial charge in [0.1, 0.15) is 6.10 Å². The van der Waals surface area contributed by atoms with Crippen molar-refractivity contribution in [1.29, 1.82) is 0 Å². The Balaban J connectivity index is 2.27. The third-order valence-electron chi connectivity index (χ3n) is 2.98.